The molecule has 1 amide bonds. The van der Waals surface area contributed by atoms with Crippen molar-refractivity contribution in [3.8, 4) is 0 Å². The van der Waals surface area contributed by atoms with Crippen LogP contribution in [0.3, 0.4) is 0 Å². The second-order valence-corrected chi connectivity index (χ2v) is 12.1. The van der Waals surface area contributed by atoms with E-state index in [0.717, 1.165) is 18.4 Å². The molecule has 4 fully saturated rings. The SMILES string of the molecule is CC(C)(C)OC(=O)/C(N)=N/NC[C@@H](NC(=O)Cc1ccccc1)B1OC2[C@@H]3C[C@H](C[C@]2(C)O1)C3(C)C. The average Bonchev–Trinajstić information content (AvgIpc) is 3.15. The van der Waals surface area contributed by atoms with Gasteiger partial charge in [0.05, 0.1) is 30.6 Å². The lowest BCUT2D eigenvalue weighted by Gasteiger charge is -2.63. The number of benzene rings is 1. The van der Waals surface area contributed by atoms with Crippen molar-refractivity contribution in [2.45, 2.75) is 84.1 Å². The monoisotopic (exact) mass is 498 g/mol. The fourth-order valence-corrected chi connectivity index (χ4v) is 5.78. The first-order valence-electron chi connectivity index (χ1n) is 12.7. The van der Waals surface area contributed by atoms with Crippen LogP contribution in [0.15, 0.2) is 35.4 Å². The molecule has 0 aromatic heterocycles. The van der Waals surface area contributed by atoms with E-state index in [1.54, 1.807) is 20.8 Å². The Hall–Kier alpha value is -2.59. The van der Waals surface area contributed by atoms with Crippen molar-refractivity contribution in [2.24, 2.45) is 28.1 Å². The summed E-state index contributed by atoms with van der Waals surface area (Å²) in [5.74, 6) is -0.688. The number of amides is 1. The molecule has 10 heteroatoms. The van der Waals surface area contributed by atoms with Crippen molar-refractivity contribution in [1.29, 1.82) is 0 Å². The third kappa shape index (κ3) is 5.54. The molecule has 5 atom stereocenters. The van der Waals surface area contributed by atoms with Gasteiger partial charge in [0.2, 0.25) is 11.7 Å². The number of hydrogen-bond donors (Lipinski definition) is 3. The van der Waals surface area contributed by atoms with Gasteiger partial charge >= 0.3 is 13.1 Å². The first kappa shape index (κ1) is 26.5. The maximum Gasteiger partial charge on any atom is 0.483 e. The van der Waals surface area contributed by atoms with E-state index in [-0.39, 0.29) is 36.2 Å². The maximum absolute atomic E-state index is 12.9. The number of nitrogens with one attached hydrogen (secondary N) is 2. The average molecular weight is 498 g/mol. The number of ether oxygens (including phenoxy) is 1. The number of nitrogens with two attached hydrogens (primary N) is 1. The van der Waals surface area contributed by atoms with Gasteiger partial charge in [-0.3, -0.25) is 4.79 Å². The summed E-state index contributed by atoms with van der Waals surface area (Å²) in [6.45, 7) is 12.1. The molecule has 196 valence electrons. The number of nitrogens with zero attached hydrogens (tertiary/aromatic N) is 1. The molecule has 3 saturated carbocycles. The quantitative estimate of drug-likeness (QED) is 0.173. The molecule has 1 saturated heterocycles. The van der Waals surface area contributed by atoms with Crippen molar-refractivity contribution in [2.75, 3.05) is 6.54 Å². The summed E-state index contributed by atoms with van der Waals surface area (Å²) in [4.78, 5) is 25.1. The predicted molar refractivity (Wildman–Crippen MR) is 138 cm³/mol. The molecule has 9 nitrogen and oxygen atoms in total. The van der Waals surface area contributed by atoms with Crippen molar-refractivity contribution >= 4 is 24.8 Å². The zero-order chi connectivity index (χ0) is 26.3. The van der Waals surface area contributed by atoms with Gasteiger partial charge in [-0.25, -0.2) is 4.79 Å². The highest BCUT2D eigenvalue weighted by Gasteiger charge is 2.67. The second kappa shape index (κ2) is 9.70. The Morgan fingerprint density at radius 3 is 2.58 bits per heavy atom. The highest BCUT2D eigenvalue weighted by atomic mass is 16.7. The molecule has 1 aromatic rings. The molecule has 4 N–H and O–H groups in total. The van der Waals surface area contributed by atoms with Crippen LogP contribution in [0, 0.1) is 17.3 Å². The van der Waals surface area contributed by atoms with Gasteiger partial charge in [-0.1, -0.05) is 44.2 Å². The molecule has 2 bridgehead atoms. The fourth-order valence-electron chi connectivity index (χ4n) is 5.78. The first-order chi connectivity index (χ1) is 16.8. The van der Waals surface area contributed by atoms with Gasteiger partial charge in [-0.15, -0.1) is 0 Å². The number of hydrogen-bond acceptors (Lipinski definition) is 7. The van der Waals surface area contributed by atoms with Crippen LogP contribution in [0.2, 0.25) is 0 Å². The van der Waals surface area contributed by atoms with Gasteiger partial charge in [0.1, 0.15) is 5.60 Å². The van der Waals surface area contributed by atoms with Crippen LogP contribution >= 0.6 is 0 Å². The van der Waals surface area contributed by atoms with E-state index in [9.17, 15) is 9.59 Å². The largest absolute Gasteiger partial charge is 0.483 e. The molecule has 0 radical (unpaired) electrons. The summed E-state index contributed by atoms with van der Waals surface area (Å²) in [6, 6.07) is 9.53. The summed E-state index contributed by atoms with van der Waals surface area (Å²) < 4.78 is 18.2. The number of amidine groups is 1. The normalized spacial score (nSPS) is 29.6. The number of carbonyl (C=O) groups excluding carboxylic acids is 2. The number of esters is 1. The Bertz CT molecular complexity index is 1010. The lowest BCUT2D eigenvalue weighted by molar-refractivity contribution is -0.185. The van der Waals surface area contributed by atoms with E-state index in [1.165, 1.54) is 0 Å². The van der Waals surface area contributed by atoms with Gasteiger partial charge in [-0.05, 0) is 63.4 Å². The molecule has 4 aliphatic rings. The van der Waals surface area contributed by atoms with E-state index in [2.05, 4.69) is 36.6 Å². The smallest absolute Gasteiger partial charge is 0.454 e. The van der Waals surface area contributed by atoms with Crippen LogP contribution in [-0.4, -0.2) is 54.6 Å². The van der Waals surface area contributed by atoms with Crippen molar-refractivity contribution < 1.29 is 23.6 Å². The summed E-state index contributed by atoms with van der Waals surface area (Å²) in [6.07, 6.45) is 2.26. The van der Waals surface area contributed by atoms with Crippen LogP contribution in [0.25, 0.3) is 0 Å². The van der Waals surface area contributed by atoms with Crippen molar-refractivity contribution in [3.05, 3.63) is 35.9 Å². The van der Waals surface area contributed by atoms with Crippen LogP contribution in [-0.2, 0) is 30.1 Å². The zero-order valence-electron chi connectivity index (χ0n) is 22.2. The van der Waals surface area contributed by atoms with Crippen molar-refractivity contribution in [3.63, 3.8) is 0 Å². The van der Waals surface area contributed by atoms with E-state index in [4.69, 9.17) is 19.8 Å². The molecule has 1 aliphatic heterocycles. The van der Waals surface area contributed by atoms with Crippen LogP contribution in [0.5, 0.6) is 0 Å². The number of rotatable bonds is 7. The van der Waals surface area contributed by atoms with E-state index < -0.39 is 30.2 Å². The fraction of sp³-hybridized carbons (Fsp3) is 0.654. The highest BCUT2D eigenvalue weighted by Crippen LogP contribution is 2.64. The molecular weight excluding hydrogens is 459 g/mol. The maximum atomic E-state index is 12.9. The molecule has 3 aliphatic carbocycles. The summed E-state index contributed by atoms with van der Waals surface area (Å²) in [5, 5.41) is 7.02. The van der Waals surface area contributed by atoms with E-state index >= 15 is 0 Å². The van der Waals surface area contributed by atoms with Crippen LogP contribution < -0.4 is 16.5 Å². The lowest BCUT2D eigenvalue weighted by Crippen LogP contribution is -2.63. The zero-order valence-corrected chi connectivity index (χ0v) is 22.2. The molecule has 0 spiro atoms. The third-order valence-electron chi connectivity index (χ3n) is 7.83. The van der Waals surface area contributed by atoms with Gasteiger partial charge < -0.3 is 30.5 Å². The van der Waals surface area contributed by atoms with Crippen LogP contribution in [0.1, 0.15) is 59.9 Å². The lowest BCUT2D eigenvalue weighted by atomic mass is 9.45. The van der Waals surface area contributed by atoms with Gasteiger partial charge in [-0.2, -0.15) is 5.10 Å². The van der Waals surface area contributed by atoms with Gasteiger partial charge in [0, 0.05) is 0 Å². The first-order valence-corrected chi connectivity index (χ1v) is 12.7. The Kier molecular flexibility index (Phi) is 7.14. The molecule has 36 heavy (non-hydrogen) atoms. The second-order valence-electron chi connectivity index (χ2n) is 12.1. The standard InChI is InChI=1S/C26H39BN4O5/c1-24(2,3)34-23(33)22(28)31-29-15-19(30-20(32)12-16-10-8-7-9-11-16)27-35-21-18-13-17(25(18,4)5)14-26(21,6)36-27/h7-11,17-19,21,29H,12-15H2,1-6H3,(H2,28,31)(H,30,32)/t17-,18+,19-,21?,26+/m1/s1. The van der Waals surface area contributed by atoms with E-state index in [0.29, 0.717) is 11.8 Å². The molecule has 1 unspecified atom stereocenters. The van der Waals surface area contributed by atoms with Gasteiger partial charge in [0.25, 0.3) is 0 Å². The minimum absolute atomic E-state index is 0.0358. The van der Waals surface area contributed by atoms with E-state index in [1.807, 2.05) is 30.3 Å². The Labute approximate surface area is 214 Å². The molecular formula is C26H39BN4O5. The highest BCUT2D eigenvalue weighted by molar-refractivity contribution is 6.48. The minimum Gasteiger partial charge on any atom is -0.454 e. The molecule has 5 rings (SSSR count). The Morgan fingerprint density at radius 2 is 1.94 bits per heavy atom. The minimum atomic E-state index is -0.714. The predicted octanol–water partition coefficient (Wildman–Crippen LogP) is 2.18. The number of carbonyl (C=O) groups is 2. The number of hydrazone groups is 1. The summed E-state index contributed by atoms with van der Waals surface area (Å²) in [7, 11) is -0.652. The molecule has 1 heterocycles. The Balaban J connectivity index is 1.45. The third-order valence-corrected chi connectivity index (χ3v) is 7.83. The van der Waals surface area contributed by atoms with Crippen molar-refractivity contribution in [1.82, 2.24) is 10.7 Å². The summed E-state index contributed by atoms with van der Waals surface area (Å²) in [5.41, 5.74) is 8.67. The molecule has 1 aromatic carbocycles. The van der Waals surface area contributed by atoms with Gasteiger partial charge in [0.15, 0.2) is 0 Å². The summed E-state index contributed by atoms with van der Waals surface area (Å²) >= 11 is 0. The Morgan fingerprint density at radius 1 is 1.25 bits per heavy atom. The topological polar surface area (TPSA) is 124 Å². The van der Waals surface area contributed by atoms with Crippen LogP contribution in [0.4, 0.5) is 0 Å².